The van der Waals surface area contributed by atoms with Crippen LogP contribution in [0.2, 0.25) is 0 Å². The minimum Gasteiger partial charge on any atom is -0.450 e. The number of furan rings is 1. The Bertz CT molecular complexity index is 956. The molecule has 8 heteroatoms. The van der Waals surface area contributed by atoms with Crippen LogP contribution in [0.3, 0.4) is 0 Å². The van der Waals surface area contributed by atoms with Gasteiger partial charge in [-0.05, 0) is 26.8 Å². The fourth-order valence-corrected chi connectivity index (χ4v) is 2.46. The molecule has 1 N–H and O–H groups in total. The van der Waals surface area contributed by atoms with Crippen molar-refractivity contribution >= 4 is 28.7 Å². The quantitative estimate of drug-likeness (QED) is 0.633. The summed E-state index contributed by atoms with van der Waals surface area (Å²) in [5.41, 5.74) is 1.14. The number of hydrogen-bond acceptors (Lipinski definition) is 7. The van der Waals surface area contributed by atoms with Crippen LogP contribution in [0.15, 0.2) is 39.3 Å². The summed E-state index contributed by atoms with van der Waals surface area (Å²) < 4.78 is 21.2. The van der Waals surface area contributed by atoms with Gasteiger partial charge in [-0.1, -0.05) is 23.4 Å². The van der Waals surface area contributed by atoms with E-state index in [1.54, 1.807) is 25.1 Å². The van der Waals surface area contributed by atoms with Crippen LogP contribution in [-0.2, 0) is 20.9 Å². The summed E-state index contributed by atoms with van der Waals surface area (Å²) in [5, 5.41) is 6.89. The second-order valence-electron chi connectivity index (χ2n) is 6.21. The van der Waals surface area contributed by atoms with Crippen molar-refractivity contribution < 1.29 is 28.0 Å². The number of anilines is 1. The van der Waals surface area contributed by atoms with Gasteiger partial charge in [0.2, 0.25) is 5.76 Å². The monoisotopic (exact) mass is 372 g/mol. The number of nitrogens with zero attached hydrogens (tertiary/aromatic N) is 1. The minimum absolute atomic E-state index is 0.0146. The zero-order valence-electron chi connectivity index (χ0n) is 15.3. The van der Waals surface area contributed by atoms with E-state index < -0.39 is 18.5 Å². The molecule has 3 rings (SSSR count). The van der Waals surface area contributed by atoms with E-state index in [-0.39, 0.29) is 24.3 Å². The zero-order valence-corrected chi connectivity index (χ0v) is 15.3. The number of carbonyl (C=O) groups excluding carboxylic acids is 2. The second-order valence-corrected chi connectivity index (χ2v) is 6.21. The number of hydrogen-bond donors (Lipinski definition) is 1. The first-order chi connectivity index (χ1) is 12.9. The summed E-state index contributed by atoms with van der Waals surface area (Å²) in [5.74, 6) is -0.433. The summed E-state index contributed by atoms with van der Waals surface area (Å²) in [7, 11) is 0. The molecular weight excluding hydrogens is 352 g/mol. The molecule has 1 amide bonds. The van der Waals surface area contributed by atoms with Crippen LogP contribution >= 0.6 is 0 Å². The van der Waals surface area contributed by atoms with Crippen LogP contribution in [0.25, 0.3) is 11.0 Å². The Morgan fingerprint density at radius 3 is 2.74 bits per heavy atom. The van der Waals surface area contributed by atoms with Crippen molar-refractivity contribution in [3.63, 3.8) is 0 Å². The van der Waals surface area contributed by atoms with E-state index in [4.69, 9.17) is 18.4 Å². The highest BCUT2D eigenvalue weighted by molar-refractivity contribution is 5.98. The molecule has 0 fully saturated rings. The van der Waals surface area contributed by atoms with E-state index in [1.165, 1.54) is 0 Å². The molecule has 8 nitrogen and oxygen atoms in total. The first-order valence-electron chi connectivity index (χ1n) is 8.46. The predicted molar refractivity (Wildman–Crippen MR) is 96.3 cm³/mol. The molecule has 0 atom stereocenters. The fourth-order valence-electron chi connectivity index (χ4n) is 2.46. The smallest absolute Gasteiger partial charge is 0.375 e. The largest absolute Gasteiger partial charge is 0.450 e. The summed E-state index contributed by atoms with van der Waals surface area (Å²) in [4.78, 5) is 24.4. The fraction of sp³-hybridized carbons (Fsp3) is 0.316. The Hall–Kier alpha value is -3.13. The average Bonchev–Trinajstić information content (AvgIpc) is 3.21. The second kappa shape index (κ2) is 8.05. The highest BCUT2D eigenvalue weighted by atomic mass is 16.5. The number of esters is 1. The number of ether oxygens (including phenoxy) is 2. The van der Waals surface area contributed by atoms with Gasteiger partial charge in [-0.15, -0.1) is 0 Å². The molecule has 0 bridgehead atoms. The number of fused-ring (bicyclic) bond motifs is 1. The molecule has 0 saturated heterocycles. The molecule has 2 aromatic heterocycles. The van der Waals surface area contributed by atoms with E-state index in [0.29, 0.717) is 16.9 Å². The Kier molecular flexibility index (Phi) is 5.56. The molecule has 0 unspecified atom stereocenters. The van der Waals surface area contributed by atoms with Crippen molar-refractivity contribution in [3.05, 3.63) is 47.4 Å². The lowest BCUT2D eigenvalue weighted by molar-refractivity contribution is -0.119. The lowest BCUT2D eigenvalue weighted by Crippen LogP contribution is -2.21. The lowest BCUT2D eigenvalue weighted by Gasteiger charge is -2.08. The van der Waals surface area contributed by atoms with E-state index >= 15 is 0 Å². The van der Waals surface area contributed by atoms with Crippen LogP contribution in [-0.4, -0.2) is 29.7 Å². The van der Waals surface area contributed by atoms with E-state index in [2.05, 4.69) is 10.5 Å². The highest BCUT2D eigenvalue weighted by Gasteiger charge is 2.23. The topological polar surface area (TPSA) is 104 Å². The normalized spacial score (nSPS) is 11.1. The van der Waals surface area contributed by atoms with Gasteiger partial charge in [0.25, 0.3) is 5.91 Å². The molecule has 0 aliphatic carbocycles. The molecular formula is C19H20N2O6. The van der Waals surface area contributed by atoms with Crippen molar-refractivity contribution in [1.82, 2.24) is 5.16 Å². The van der Waals surface area contributed by atoms with Gasteiger partial charge >= 0.3 is 5.97 Å². The van der Waals surface area contributed by atoms with E-state index in [9.17, 15) is 9.59 Å². The van der Waals surface area contributed by atoms with Gasteiger partial charge in [-0.25, -0.2) is 4.79 Å². The summed E-state index contributed by atoms with van der Waals surface area (Å²) in [6.45, 7) is 5.22. The molecule has 142 valence electrons. The predicted octanol–water partition coefficient (Wildman–Crippen LogP) is 3.45. The molecule has 3 aromatic rings. The highest BCUT2D eigenvalue weighted by Crippen LogP contribution is 2.27. The third-order valence-electron chi connectivity index (χ3n) is 3.67. The van der Waals surface area contributed by atoms with Gasteiger partial charge in [0.05, 0.1) is 12.7 Å². The number of carbonyl (C=O) groups is 2. The third-order valence-corrected chi connectivity index (χ3v) is 3.67. The summed E-state index contributed by atoms with van der Waals surface area (Å²) >= 11 is 0. The minimum atomic E-state index is -0.736. The van der Waals surface area contributed by atoms with Crippen LogP contribution < -0.4 is 5.32 Å². The molecule has 0 saturated carbocycles. The van der Waals surface area contributed by atoms with E-state index in [0.717, 1.165) is 5.39 Å². The third kappa shape index (κ3) is 4.53. The molecule has 0 aliphatic heterocycles. The first-order valence-corrected chi connectivity index (χ1v) is 8.46. The Balaban J connectivity index is 1.70. The molecule has 0 radical (unpaired) electrons. The number of para-hydroxylation sites is 1. The Morgan fingerprint density at radius 2 is 2.04 bits per heavy atom. The molecule has 0 aliphatic rings. The summed E-state index contributed by atoms with van der Waals surface area (Å²) in [6, 6.07) is 8.81. The summed E-state index contributed by atoms with van der Waals surface area (Å²) in [6.07, 6.45) is -0.0146. The maximum absolute atomic E-state index is 12.5. The zero-order chi connectivity index (χ0) is 19.4. The van der Waals surface area contributed by atoms with Crippen molar-refractivity contribution in [1.29, 1.82) is 0 Å². The number of aryl methyl sites for hydroxylation is 1. The van der Waals surface area contributed by atoms with Gasteiger partial charge in [0.15, 0.2) is 12.4 Å². The molecule has 2 heterocycles. The SMILES string of the molecule is Cc1cc(NC(=O)COC(=O)c2oc3ccccc3c2COC(C)C)no1. The standard InChI is InChI=1S/C19H20N2O6/c1-11(2)24-9-14-13-6-4-5-7-15(13)26-18(14)19(23)25-10-17(22)20-16-8-12(3)27-21-16/h4-8,11H,9-10H2,1-3H3,(H,20,21,22). The van der Waals surface area contributed by atoms with Gasteiger partial charge in [-0.2, -0.15) is 0 Å². The lowest BCUT2D eigenvalue weighted by atomic mass is 10.1. The van der Waals surface area contributed by atoms with Gasteiger partial charge < -0.3 is 23.7 Å². The first kappa shape index (κ1) is 18.7. The van der Waals surface area contributed by atoms with Crippen molar-refractivity contribution in [3.8, 4) is 0 Å². The van der Waals surface area contributed by atoms with Gasteiger partial charge in [0.1, 0.15) is 11.3 Å². The number of benzene rings is 1. The van der Waals surface area contributed by atoms with Crippen molar-refractivity contribution in [2.45, 2.75) is 33.5 Å². The van der Waals surface area contributed by atoms with Crippen LogP contribution in [0.4, 0.5) is 5.82 Å². The molecule has 27 heavy (non-hydrogen) atoms. The van der Waals surface area contributed by atoms with Crippen molar-refractivity contribution in [2.75, 3.05) is 11.9 Å². The Morgan fingerprint density at radius 1 is 1.26 bits per heavy atom. The average molecular weight is 372 g/mol. The number of aromatic nitrogens is 1. The van der Waals surface area contributed by atoms with Gasteiger partial charge in [-0.3, -0.25) is 4.79 Å². The van der Waals surface area contributed by atoms with Crippen LogP contribution in [0.5, 0.6) is 0 Å². The van der Waals surface area contributed by atoms with Crippen molar-refractivity contribution in [2.24, 2.45) is 0 Å². The number of amides is 1. The van der Waals surface area contributed by atoms with Crippen LogP contribution in [0, 0.1) is 6.92 Å². The Labute approximate surface area is 155 Å². The van der Waals surface area contributed by atoms with Gasteiger partial charge in [0, 0.05) is 17.0 Å². The molecule has 1 aromatic carbocycles. The number of nitrogens with one attached hydrogen (secondary N) is 1. The number of rotatable bonds is 7. The maximum Gasteiger partial charge on any atom is 0.375 e. The van der Waals surface area contributed by atoms with Crippen LogP contribution in [0.1, 0.15) is 35.7 Å². The molecule has 0 spiro atoms. The maximum atomic E-state index is 12.5. The van der Waals surface area contributed by atoms with E-state index in [1.807, 2.05) is 26.0 Å².